The van der Waals surface area contributed by atoms with Crippen molar-refractivity contribution in [2.75, 3.05) is 0 Å². The third-order valence-electron chi connectivity index (χ3n) is 6.60. The molecule has 0 N–H and O–H groups in total. The zero-order chi connectivity index (χ0) is 23.6. The van der Waals surface area contributed by atoms with Crippen molar-refractivity contribution in [3.63, 3.8) is 0 Å². The Kier molecular flexibility index (Phi) is 8.11. The van der Waals surface area contributed by atoms with Gasteiger partial charge < -0.3 is 0 Å². The summed E-state index contributed by atoms with van der Waals surface area (Å²) in [5, 5.41) is 2.07. The molecule has 0 saturated carbocycles. The van der Waals surface area contributed by atoms with E-state index < -0.39 is 0 Å². The molecule has 0 heterocycles. The highest BCUT2D eigenvalue weighted by Gasteiger charge is 2.15. The standard InChI is InChI=1S/C30H44/c1-19(15-17-21(3)29(9,10)11)27-23(5)25(7)28(26(8)24(27)6)20(2)16-18-22(4)30(12,13)14/h15-18H,5,7H2,1-4,6,8-14H3/b19-15+,20-16+,21-17+,22-18+. The molecule has 0 aromatic heterocycles. The molecule has 1 aromatic rings. The largest absolute Gasteiger partial charge is 0.0905 e. The van der Waals surface area contributed by atoms with Gasteiger partial charge in [0.1, 0.15) is 0 Å². The van der Waals surface area contributed by atoms with Crippen LogP contribution in [-0.2, 0) is 0 Å². The van der Waals surface area contributed by atoms with Crippen LogP contribution in [0.5, 0.6) is 0 Å². The molecule has 0 aliphatic rings. The van der Waals surface area contributed by atoms with Gasteiger partial charge in [0.2, 0.25) is 0 Å². The average molecular weight is 405 g/mol. The van der Waals surface area contributed by atoms with Gasteiger partial charge in [0.25, 0.3) is 0 Å². The van der Waals surface area contributed by atoms with E-state index in [1.807, 2.05) is 0 Å². The summed E-state index contributed by atoms with van der Waals surface area (Å²) >= 11 is 0. The fourth-order valence-electron chi connectivity index (χ4n) is 3.36. The van der Waals surface area contributed by atoms with Crippen LogP contribution in [0.3, 0.4) is 0 Å². The lowest BCUT2D eigenvalue weighted by atomic mass is 9.85. The van der Waals surface area contributed by atoms with E-state index >= 15 is 0 Å². The van der Waals surface area contributed by atoms with Gasteiger partial charge in [-0.1, -0.05) is 90.2 Å². The first kappa shape index (κ1) is 26.0. The lowest BCUT2D eigenvalue weighted by molar-refractivity contribution is 0.504. The minimum Gasteiger partial charge on any atom is -0.0905 e. The summed E-state index contributed by atoms with van der Waals surface area (Å²) < 4.78 is 0. The van der Waals surface area contributed by atoms with E-state index in [2.05, 4.69) is 121 Å². The van der Waals surface area contributed by atoms with E-state index in [0.29, 0.717) is 0 Å². The number of allylic oxidation sites excluding steroid dienone is 8. The molecule has 0 bridgehead atoms. The second kappa shape index (κ2) is 9.38. The van der Waals surface area contributed by atoms with Crippen LogP contribution in [0.1, 0.15) is 91.5 Å². The predicted octanol–water partition coefficient (Wildman–Crippen LogP) is 7.92. The third kappa shape index (κ3) is 5.97. The summed E-state index contributed by atoms with van der Waals surface area (Å²) in [6.45, 7) is 35.5. The SMILES string of the molecule is C=c1c(/C(C)=C/C=C(\C)C(C)(C)C)c(C)c(C)c(/C(C)=C/C=C(\C)C(C)(C)C)c1=C. The molecule has 0 fully saturated rings. The summed E-state index contributed by atoms with van der Waals surface area (Å²) in [6, 6.07) is 0. The van der Waals surface area contributed by atoms with E-state index in [9.17, 15) is 0 Å². The Bertz CT molecular complexity index is 935. The van der Waals surface area contributed by atoms with Crippen molar-refractivity contribution in [3.05, 3.63) is 68.1 Å². The molecular weight excluding hydrogens is 360 g/mol. The molecule has 30 heavy (non-hydrogen) atoms. The maximum Gasteiger partial charge on any atom is -0.0123 e. The Labute approximate surface area is 186 Å². The topological polar surface area (TPSA) is 0 Å². The zero-order valence-corrected chi connectivity index (χ0v) is 21.7. The molecule has 0 amide bonds. The summed E-state index contributed by atoms with van der Waals surface area (Å²) in [7, 11) is 0. The van der Waals surface area contributed by atoms with Crippen molar-refractivity contribution < 1.29 is 0 Å². The van der Waals surface area contributed by atoms with Gasteiger partial charge in [-0.3, -0.25) is 0 Å². The molecule has 0 atom stereocenters. The minimum atomic E-state index is 0.178. The van der Waals surface area contributed by atoms with Gasteiger partial charge >= 0.3 is 0 Å². The van der Waals surface area contributed by atoms with Gasteiger partial charge in [0.05, 0.1) is 0 Å². The van der Waals surface area contributed by atoms with Gasteiger partial charge in [-0.05, 0) is 96.2 Å². The smallest absolute Gasteiger partial charge is 0.0123 e. The lowest BCUT2D eigenvalue weighted by Crippen LogP contribution is -2.31. The molecular formula is C30H44. The number of hydrogen-bond donors (Lipinski definition) is 0. The lowest BCUT2D eigenvalue weighted by Gasteiger charge is -2.20. The van der Waals surface area contributed by atoms with Crippen LogP contribution >= 0.6 is 0 Å². The zero-order valence-electron chi connectivity index (χ0n) is 21.7. The van der Waals surface area contributed by atoms with E-state index in [4.69, 9.17) is 0 Å². The molecule has 0 aliphatic carbocycles. The minimum absolute atomic E-state index is 0.178. The molecule has 0 aliphatic heterocycles. The first-order valence-electron chi connectivity index (χ1n) is 11.0. The van der Waals surface area contributed by atoms with Crippen molar-refractivity contribution in [2.45, 2.75) is 83.1 Å². The molecule has 0 saturated heterocycles. The van der Waals surface area contributed by atoms with E-state index in [-0.39, 0.29) is 10.8 Å². The van der Waals surface area contributed by atoms with Crippen LogP contribution in [0.25, 0.3) is 24.3 Å². The van der Waals surface area contributed by atoms with Crippen LogP contribution < -0.4 is 10.4 Å². The predicted molar refractivity (Wildman–Crippen MR) is 140 cm³/mol. The van der Waals surface area contributed by atoms with Crippen molar-refractivity contribution in [3.8, 4) is 0 Å². The van der Waals surface area contributed by atoms with E-state index in [0.717, 1.165) is 10.4 Å². The van der Waals surface area contributed by atoms with Crippen molar-refractivity contribution in [2.24, 2.45) is 10.8 Å². The Morgan fingerprint density at radius 3 is 1.07 bits per heavy atom. The third-order valence-corrected chi connectivity index (χ3v) is 6.60. The highest BCUT2D eigenvalue weighted by molar-refractivity contribution is 5.76. The molecule has 1 aromatic carbocycles. The van der Waals surface area contributed by atoms with Gasteiger partial charge in [0, 0.05) is 0 Å². The summed E-state index contributed by atoms with van der Waals surface area (Å²) in [4.78, 5) is 0. The molecule has 1 rings (SSSR count). The van der Waals surface area contributed by atoms with Crippen LogP contribution in [0.4, 0.5) is 0 Å². The number of rotatable bonds is 4. The Morgan fingerprint density at radius 1 is 0.567 bits per heavy atom. The summed E-state index contributed by atoms with van der Waals surface area (Å²) in [6.07, 6.45) is 8.94. The number of benzene rings is 1. The monoisotopic (exact) mass is 404 g/mol. The Balaban J connectivity index is 3.63. The van der Waals surface area contributed by atoms with Gasteiger partial charge in [-0.25, -0.2) is 0 Å². The molecule has 0 nitrogen and oxygen atoms in total. The van der Waals surface area contributed by atoms with Crippen LogP contribution in [0.15, 0.2) is 35.5 Å². The Morgan fingerprint density at radius 2 is 0.833 bits per heavy atom. The maximum absolute atomic E-state index is 4.43. The average Bonchev–Trinajstić information content (AvgIpc) is 2.61. The fraction of sp³-hybridized carbons (Fsp3) is 0.467. The molecule has 0 radical (unpaired) electrons. The molecule has 0 heteroatoms. The maximum atomic E-state index is 4.43. The normalized spacial score (nSPS) is 15.1. The summed E-state index contributed by atoms with van der Waals surface area (Å²) in [5.41, 5.74) is 10.6. The van der Waals surface area contributed by atoms with Gasteiger partial charge in [0.15, 0.2) is 0 Å². The van der Waals surface area contributed by atoms with Crippen LogP contribution in [-0.4, -0.2) is 0 Å². The molecule has 0 spiro atoms. The van der Waals surface area contributed by atoms with Crippen LogP contribution in [0.2, 0.25) is 0 Å². The van der Waals surface area contributed by atoms with Gasteiger partial charge in [-0.15, -0.1) is 0 Å². The highest BCUT2D eigenvalue weighted by atomic mass is 14.2. The van der Waals surface area contributed by atoms with Crippen molar-refractivity contribution in [1.82, 2.24) is 0 Å². The molecule has 0 unspecified atom stereocenters. The highest BCUT2D eigenvalue weighted by Crippen LogP contribution is 2.27. The Hall–Kier alpha value is -2.08. The quantitative estimate of drug-likeness (QED) is 0.447. The van der Waals surface area contributed by atoms with Gasteiger partial charge in [-0.2, -0.15) is 0 Å². The van der Waals surface area contributed by atoms with Crippen molar-refractivity contribution >= 4 is 24.3 Å². The van der Waals surface area contributed by atoms with Crippen molar-refractivity contribution in [1.29, 1.82) is 0 Å². The number of hydrogen-bond acceptors (Lipinski definition) is 0. The fourth-order valence-corrected chi connectivity index (χ4v) is 3.36. The first-order valence-corrected chi connectivity index (χ1v) is 11.0. The molecule has 164 valence electrons. The second-order valence-corrected chi connectivity index (χ2v) is 10.9. The van der Waals surface area contributed by atoms with E-state index in [1.54, 1.807) is 0 Å². The van der Waals surface area contributed by atoms with Crippen LogP contribution in [0, 0.1) is 24.7 Å². The second-order valence-electron chi connectivity index (χ2n) is 10.9. The summed E-state index contributed by atoms with van der Waals surface area (Å²) in [5.74, 6) is 0. The first-order chi connectivity index (χ1) is 13.5. The van der Waals surface area contributed by atoms with E-state index in [1.165, 1.54) is 44.5 Å².